The van der Waals surface area contributed by atoms with Gasteiger partial charge in [0.05, 0.1) is 5.70 Å². The van der Waals surface area contributed by atoms with Gasteiger partial charge in [-0.1, -0.05) is 6.92 Å². The molecule has 3 heterocycles. The van der Waals surface area contributed by atoms with E-state index >= 15 is 0 Å². The third kappa shape index (κ3) is 1.84. The number of aliphatic imine (C=N–C) groups is 1. The quantitative estimate of drug-likeness (QED) is 0.735. The molecule has 5 heteroatoms. The van der Waals surface area contributed by atoms with Gasteiger partial charge in [0.2, 0.25) is 0 Å². The lowest BCUT2D eigenvalue weighted by Gasteiger charge is -2.28. The molecule has 0 spiro atoms. The van der Waals surface area contributed by atoms with Gasteiger partial charge in [-0.15, -0.1) is 0 Å². The van der Waals surface area contributed by atoms with Gasteiger partial charge in [-0.3, -0.25) is 9.80 Å². The molecule has 2 atom stereocenters. The predicted molar refractivity (Wildman–Crippen MR) is 69.5 cm³/mol. The van der Waals surface area contributed by atoms with Crippen LogP contribution < -0.4 is 5.43 Å². The van der Waals surface area contributed by atoms with Crippen LogP contribution >= 0.6 is 0 Å². The van der Waals surface area contributed by atoms with E-state index in [9.17, 15) is 4.79 Å². The van der Waals surface area contributed by atoms with Crippen LogP contribution in [0, 0.1) is 5.92 Å². The first kappa shape index (κ1) is 11.5. The van der Waals surface area contributed by atoms with Crippen molar-refractivity contribution in [2.24, 2.45) is 10.9 Å². The molecular weight excluding hydrogens is 228 g/mol. The van der Waals surface area contributed by atoms with Crippen molar-refractivity contribution in [2.45, 2.75) is 26.4 Å². The van der Waals surface area contributed by atoms with Crippen molar-refractivity contribution in [1.82, 2.24) is 15.3 Å². The normalized spacial score (nSPS) is 30.9. The van der Waals surface area contributed by atoms with E-state index in [1.165, 1.54) is 12.1 Å². The van der Waals surface area contributed by atoms with Crippen molar-refractivity contribution in [3.63, 3.8) is 0 Å². The van der Waals surface area contributed by atoms with Gasteiger partial charge < -0.3 is 4.90 Å². The van der Waals surface area contributed by atoms with Crippen molar-refractivity contribution in [3.05, 3.63) is 23.5 Å². The highest BCUT2D eigenvalue weighted by atomic mass is 16.1. The molecule has 0 aromatic rings. The van der Waals surface area contributed by atoms with Crippen molar-refractivity contribution < 1.29 is 4.79 Å². The van der Waals surface area contributed by atoms with E-state index in [-0.39, 0.29) is 0 Å². The number of amidine groups is 1. The first-order valence-corrected chi connectivity index (χ1v) is 6.41. The number of hydrogen-bond acceptors (Lipinski definition) is 5. The molecule has 1 N–H and O–H groups in total. The van der Waals surface area contributed by atoms with Crippen molar-refractivity contribution in [1.29, 1.82) is 0 Å². The molecule has 96 valence electrons. The van der Waals surface area contributed by atoms with Crippen LogP contribution in [0.4, 0.5) is 0 Å². The summed E-state index contributed by atoms with van der Waals surface area (Å²) < 4.78 is 0. The fourth-order valence-corrected chi connectivity index (χ4v) is 2.68. The molecule has 1 fully saturated rings. The number of nitrogens with one attached hydrogen (secondary N) is 1. The Morgan fingerprint density at radius 3 is 3.06 bits per heavy atom. The summed E-state index contributed by atoms with van der Waals surface area (Å²) in [6, 6.07) is 0. The number of likely N-dealkylation sites (tertiary alicyclic amines) is 1. The molecule has 0 radical (unpaired) electrons. The van der Waals surface area contributed by atoms with Gasteiger partial charge in [0.25, 0.3) is 0 Å². The topological polar surface area (TPSA) is 47.9 Å². The van der Waals surface area contributed by atoms with Crippen LogP contribution in [0.25, 0.3) is 0 Å². The Hall–Kier alpha value is -1.62. The van der Waals surface area contributed by atoms with E-state index in [1.807, 2.05) is 18.1 Å². The van der Waals surface area contributed by atoms with Crippen LogP contribution in [0.2, 0.25) is 0 Å². The van der Waals surface area contributed by atoms with Crippen LogP contribution in [0.3, 0.4) is 0 Å². The predicted octanol–water partition coefficient (Wildman–Crippen LogP) is 0.873. The monoisotopic (exact) mass is 246 g/mol. The Kier molecular flexibility index (Phi) is 2.70. The number of fused-ring (bicyclic) bond motifs is 1. The highest BCUT2D eigenvalue weighted by Gasteiger charge is 2.29. The minimum atomic E-state index is -0.448. The summed E-state index contributed by atoms with van der Waals surface area (Å²) in [5.74, 6) is 1.60. The lowest BCUT2D eigenvalue weighted by atomic mass is 10.1. The molecule has 18 heavy (non-hydrogen) atoms. The van der Waals surface area contributed by atoms with E-state index in [0.29, 0.717) is 0 Å². The minimum absolute atomic E-state index is 0.448. The largest absolute Gasteiger partial charge is 0.370 e. The fraction of sp³-hybridized carbons (Fsp3) is 0.538. The van der Waals surface area contributed by atoms with E-state index in [1.54, 1.807) is 0 Å². The van der Waals surface area contributed by atoms with Crippen LogP contribution in [0.5, 0.6) is 0 Å². The second-order valence-electron chi connectivity index (χ2n) is 5.25. The summed E-state index contributed by atoms with van der Waals surface area (Å²) in [5.41, 5.74) is 5.36. The van der Waals surface area contributed by atoms with Gasteiger partial charge >= 0.3 is 0 Å². The molecule has 3 aliphatic heterocycles. The van der Waals surface area contributed by atoms with Gasteiger partial charge in [-0.05, 0) is 30.9 Å². The number of nitrogens with zero attached hydrogens (tertiary/aromatic N) is 3. The molecule has 0 aliphatic carbocycles. The van der Waals surface area contributed by atoms with Gasteiger partial charge in [-0.25, -0.2) is 4.99 Å². The average molecular weight is 246 g/mol. The number of carbonyl (C=O) groups excluding carboxylic acids is 1. The standard InChI is InChI=1S/C13H18N4O/c1-9-3-4-16(6-9)11-5-10(2)13-14-12(8-18)15-17(13)7-11/h5,7-9,12,15H,3-4,6H2,1-2H3. The number of hydrazine groups is 1. The van der Waals surface area contributed by atoms with Gasteiger partial charge in [0, 0.05) is 19.3 Å². The van der Waals surface area contributed by atoms with Crippen LogP contribution in [-0.2, 0) is 4.79 Å². The summed E-state index contributed by atoms with van der Waals surface area (Å²) in [4.78, 5) is 17.5. The van der Waals surface area contributed by atoms with E-state index < -0.39 is 6.17 Å². The Balaban J connectivity index is 1.84. The molecule has 2 unspecified atom stereocenters. The van der Waals surface area contributed by atoms with E-state index in [2.05, 4.69) is 28.3 Å². The number of hydrogen-bond donors (Lipinski definition) is 1. The number of carbonyl (C=O) groups is 1. The average Bonchev–Trinajstić information content (AvgIpc) is 2.94. The zero-order valence-electron chi connectivity index (χ0n) is 10.8. The van der Waals surface area contributed by atoms with Crippen molar-refractivity contribution in [3.8, 4) is 0 Å². The fourth-order valence-electron chi connectivity index (χ4n) is 2.68. The molecule has 5 nitrogen and oxygen atoms in total. The Morgan fingerprint density at radius 2 is 2.39 bits per heavy atom. The smallest absolute Gasteiger partial charge is 0.174 e. The number of rotatable bonds is 2. The summed E-state index contributed by atoms with van der Waals surface area (Å²) in [6.45, 7) is 6.53. The molecule has 0 saturated carbocycles. The molecule has 0 amide bonds. The van der Waals surface area contributed by atoms with Crippen LogP contribution in [0.15, 0.2) is 28.5 Å². The maximum atomic E-state index is 10.8. The molecule has 3 rings (SSSR count). The summed E-state index contributed by atoms with van der Waals surface area (Å²) in [7, 11) is 0. The molecule has 0 aromatic heterocycles. The summed E-state index contributed by atoms with van der Waals surface area (Å²) in [5, 5.41) is 1.87. The molecule has 3 aliphatic rings. The third-order valence-electron chi connectivity index (χ3n) is 3.66. The lowest BCUT2D eigenvalue weighted by Crippen LogP contribution is -2.40. The van der Waals surface area contributed by atoms with Crippen LogP contribution in [0.1, 0.15) is 20.3 Å². The highest BCUT2D eigenvalue weighted by Crippen LogP contribution is 2.26. The number of allylic oxidation sites excluding steroid dienone is 1. The summed E-state index contributed by atoms with van der Waals surface area (Å²) in [6.07, 6.45) is 5.81. The molecule has 1 saturated heterocycles. The zero-order chi connectivity index (χ0) is 12.7. The highest BCUT2D eigenvalue weighted by molar-refractivity contribution is 6.01. The Labute approximate surface area is 107 Å². The Morgan fingerprint density at radius 1 is 1.56 bits per heavy atom. The molecule has 0 aromatic carbocycles. The second-order valence-corrected chi connectivity index (χ2v) is 5.25. The first-order chi connectivity index (χ1) is 8.67. The molecular formula is C13H18N4O. The summed E-state index contributed by atoms with van der Waals surface area (Å²) >= 11 is 0. The van der Waals surface area contributed by atoms with Crippen LogP contribution in [-0.4, -0.2) is 41.3 Å². The third-order valence-corrected chi connectivity index (χ3v) is 3.66. The lowest BCUT2D eigenvalue weighted by molar-refractivity contribution is -0.109. The Bertz CT molecular complexity index is 466. The zero-order valence-corrected chi connectivity index (χ0v) is 10.8. The van der Waals surface area contributed by atoms with E-state index in [4.69, 9.17) is 0 Å². The maximum Gasteiger partial charge on any atom is 0.174 e. The first-order valence-electron chi connectivity index (χ1n) is 6.41. The van der Waals surface area contributed by atoms with Crippen molar-refractivity contribution in [2.75, 3.05) is 13.1 Å². The van der Waals surface area contributed by atoms with Gasteiger partial charge in [0.1, 0.15) is 5.84 Å². The van der Waals surface area contributed by atoms with Gasteiger partial charge in [0.15, 0.2) is 12.5 Å². The van der Waals surface area contributed by atoms with Gasteiger partial charge in [-0.2, -0.15) is 5.43 Å². The number of aldehydes is 1. The SMILES string of the molecule is CC1=CC(N2CCC(C)C2)=CN2NC(C=O)N=C12. The van der Waals surface area contributed by atoms with E-state index in [0.717, 1.165) is 36.7 Å². The minimum Gasteiger partial charge on any atom is -0.370 e. The maximum absolute atomic E-state index is 10.8. The second kappa shape index (κ2) is 4.24. The van der Waals surface area contributed by atoms with Crippen molar-refractivity contribution >= 4 is 12.1 Å². The molecule has 0 bridgehead atoms.